The van der Waals surface area contributed by atoms with Gasteiger partial charge in [-0.15, -0.1) is 0 Å². The molecule has 0 bridgehead atoms. The van der Waals surface area contributed by atoms with Crippen LogP contribution in [0.2, 0.25) is 5.02 Å². The van der Waals surface area contributed by atoms with E-state index in [1.165, 1.54) is 0 Å². The van der Waals surface area contributed by atoms with Crippen molar-refractivity contribution in [3.05, 3.63) is 41.1 Å². The Bertz CT molecular complexity index is 481. The predicted octanol–water partition coefficient (Wildman–Crippen LogP) is 3.40. The summed E-state index contributed by atoms with van der Waals surface area (Å²) < 4.78 is 5.19. The van der Waals surface area contributed by atoms with Gasteiger partial charge < -0.3 is 10.3 Å². The summed E-state index contributed by atoms with van der Waals surface area (Å²) in [5, 5.41) is 4.64. The van der Waals surface area contributed by atoms with Gasteiger partial charge >= 0.3 is 0 Å². The van der Waals surface area contributed by atoms with Crippen LogP contribution in [0, 0.1) is 0 Å². The lowest BCUT2D eigenvalue weighted by Crippen LogP contribution is -2.06. The van der Waals surface area contributed by atoms with Crippen LogP contribution in [-0.4, -0.2) is 5.16 Å². The standard InChI is InChI=1S/C12H13ClN2O/c1-2-10(14)12-7-11(15-16-12)8-5-3-4-6-9(8)13/h3-7,10H,2,14H2,1H3. The van der Waals surface area contributed by atoms with Gasteiger partial charge in [0.05, 0.1) is 11.1 Å². The van der Waals surface area contributed by atoms with Gasteiger partial charge in [0.2, 0.25) is 0 Å². The van der Waals surface area contributed by atoms with Crippen LogP contribution in [0.1, 0.15) is 25.1 Å². The van der Waals surface area contributed by atoms with Crippen molar-refractivity contribution in [1.82, 2.24) is 5.16 Å². The van der Waals surface area contributed by atoms with E-state index in [-0.39, 0.29) is 6.04 Å². The van der Waals surface area contributed by atoms with Crippen molar-refractivity contribution in [3.63, 3.8) is 0 Å². The van der Waals surface area contributed by atoms with Crippen molar-refractivity contribution in [2.75, 3.05) is 0 Å². The lowest BCUT2D eigenvalue weighted by Gasteiger charge is -2.00. The van der Waals surface area contributed by atoms with Gasteiger partial charge in [-0.25, -0.2) is 0 Å². The molecule has 0 aliphatic heterocycles. The summed E-state index contributed by atoms with van der Waals surface area (Å²) in [6, 6.07) is 9.26. The maximum Gasteiger partial charge on any atom is 0.154 e. The molecule has 0 saturated heterocycles. The van der Waals surface area contributed by atoms with Crippen LogP contribution in [0.15, 0.2) is 34.9 Å². The molecule has 1 aromatic carbocycles. The highest BCUT2D eigenvalue weighted by Gasteiger charge is 2.13. The Balaban J connectivity index is 2.35. The van der Waals surface area contributed by atoms with E-state index in [2.05, 4.69) is 5.16 Å². The SMILES string of the molecule is CCC(N)c1cc(-c2ccccc2Cl)no1. The normalized spacial score (nSPS) is 12.7. The molecule has 0 radical (unpaired) electrons. The molecule has 1 aromatic heterocycles. The fraction of sp³-hybridized carbons (Fsp3) is 0.250. The number of hydrogen-bond donors (Lipinski definition) is 1. The van der Waals surface area contributed by atoms with E-state index in [0.717, 1.165) is 17.7 Å². The second kappa shape index (κ2) is 4.68. The fourth-order valence-electron chi connectivity index (χ4n) is 1.46. The Morgan fingerprint density at radius 2 is 2.19 bits per heavy atom. The van der Waals surface area contributed by atoms with Crippen molar-refractivity contribution >= 4 is 11.6 Å². The van der Waals surface area contributed by atoms with Crippen LogP contribution in [0.3, 0.4) is 0 Å². The number of benzene rings is 1. The summed E-state index contributed by atoms with van der Waals surface area (Å²) in [5.41, 5.74) is 7.45. The molecule has 0 fully saturated rings. The molecule has 2 rings (SSSR count). The van der Waals surface area contributed by atoms with E-state index in [0.29, 0.717) is 10.8 Å². The van der Waals surface area contributed by atoms with Gasteiger partial charge in [-0.3, -0.25) is 0 Å². The summed E-state index contributed by atoms with van der Waals surface area (Å²) in [4.78, 5) is 0. The van der Waals surface area contributed by atoms with Gasteiger partial charge in [-0.05, 0) is 12.5 Å². The zero-order valence-corrected chi connectivity index (χ0v) is 9.74. The average molecular weight is 237 g/mol. The Kier molecular flexibility index (Phi) is 3.27. The highest BCUT2D eigenvalue weighted by molar-refractivity contribution is 6.33. The maximum absolute atomic E-state index is 6.07. The minimum atomic E-state index is -0.108. The molecular formula is C12H13ClN2O. The van der Waals surface area contributed by atoms with E-state index in [1.54, 1.807) is 0 Å². The summed E-state index contributed by atoms with van der Waals surface area (Å²) in [5.74, 6) is 0.692. The molecule has 0 aliphatic carbocycles. The second-order valence-corrected chi connectivity index (χ2v) is 4.02. The molecule has 84 valence electrons. The molecular weight excluding hydrogens is 224 g/mol. The Morgan fingerprint density at radius 1 is 1.44 bits per heavy atom. The molecule has 1 unspecified atom stereocenters. The zero-order chi connectivity index (χ0) is 11.5. The monoisotopic (exact) mass is 236 g/mol. The van der Waals surface area contributed by atoms with Crippen molar-refractivity contribution in [2.24, 2.45) is 5.73 Å². The van der Waals surface area contributed by atoms with E-state index >= 15 is 0 Å². The van der Waals surface area contributed by atoms with E-state index in [9.17, 15) is 0 Å². The van der Waals surface area contributed by atoms with E-state index < -0.39 is 0 Å². The number of nitrogens with two attached hydrogens (primary N) is 1. The van der Waals surface area contributed by atoms with Crippen LogP contribution >= 0.6 is 11.6 Å². The highest BCUT2D eigenvalue weighted by atomic mass is 35.5. The van der Waals surface area contributed by atoms with Crippen LogP contribution in [0.5, 0.6) is 0 Å². The smallest absolute Gasteiger partial charge is 0.154 e. The highest BCUT2D eigenvalue weighted by Crippen LogP contribution is 2.28. The van der Waals surface area contributed by atoms with Crippen LogP contribution in [-0.2, 0) is 0 Å². The first-order valence-corrected chi connectivity index (χ1v) is 5.57. The summed E-state index contributed by atoms with van der Waals surface area (Å²) in [6.07, 6.45) is 0.817. The number of nitrogens with zero attached hydrogens (tertiary/aromatic N) is 1. The third kappa shape index (κ3) is 2.10. The summed E-state index contributed by atoms with van der Waals surface area (Å²) >= 11 is 6.07. The summed E-state index contributed by atoms with van der Waals surface area (Å²) in [7, 11) is 0. The molecule has 0 spiro atoms. The minimum absolute atomic E-state index is 0.108. The third-order valence-electron chi connectivity index (χ3n) is 2.48. The minimum Gasteiger partial charge on any atom is -0.359 e. The second-order valence-electron chi connectivity index (χ2n) is 3.61. The van der Waals surface area contributed by atoms with Crippen molar-refractivity contribution < 1.29 is 4.52 Å². The molecule has 0 saturated carbocycles. The van der Waals surface area contributed by atoms with E-state index in [1.807, 2.05) is 37.3 Å². The van der Waals surface area contributed by atoms with Crippen molar-refractivity contribution in [3.8, 4) is 11.3 Å². The molecule has 0 amide bonds. The quantitative estimate of drug-likeness (QED) is 0.889. The van der Waals surface area contributed by atoms with Gasteiger partial charge in [-0.2, -0.15) is 0 Å². The number of halogens is 1. The molecule has 3 nitrogen and oxygen atoms in total. The van der Waals surface area contributed by atoms with Gasteiger partial charge in [0.25, 0.3) is 0 Å². The van der Waals surface area contributed by atoms with E-state index in [4.69, 9.17) is 21.9 Å². The van der Waals surface area contributed by atoms with Crippen LogP contribution in [0.4, 0.5) is 0 Å². The Labute approximate surface area is 99.2 Å². The van der Waals surface area contributed by atoms with Gasteiger partial charge in [0.1, 0.15) is 5.69 Å². The number of hydrogen-bond acceptors (Lipinski definition) is 3. The molecule has 2 N–H and O–H groups in total. The molecule has 4 heteroatoms. The Morgan fingerprint density at radius 3 is 2.88 bits per heavy atom. The summed E-state index contributed by atoms with van der Waals surface area (Å²) in [6.45, 7) is 2.00. The molecule has 1 heterocycles. The van der Waals surface area contributed by atoms with Crippen molar-refractivity contribution in [2.45, 2.75) is 19.4 Å². The van der Waals surface area contributed by atoms with Crippen LogP contribution < -0.4 is 5.73 Å². The first-order valence-electron chi connectivity index (χ1n) is 5.19. The first kappa shape index (κ1) is 11.2. The lowest BCUT2D eigenvalue weighted by atomic mass is 10.1. The van der Waals surface area contributed by atoms with Gasteiger partial charge in [0.15, 0.2) is 5.76 Å². The average Bonchev–Trinajstić information content (AvgIpc) is 2.78. The number of aromatic nitrogens is 1. The largest absolute Gasteiger partial charge is 0.359 e. The maximum atomic E-state index is 6.07. The fourth-order valence-corrected chi connectivity index (χ4v) is 1.69. The third-order valence-corrected chi connectivity index (χ3v) is 2.81. The molecule has 0 aliphatic rings. The topological polar surface area (TPSA) is 52.0 Å². The molecule has 1 atom stereocenters. The van der Waals surface area contributed by atoms with Crippen molar-refractivity contribution in [1.29, 1.82) is 0 Å². The van der Waals surface area contributed by atoms with Crippen LogP contribution in [0.25, 0.3) is 11.3 Å². The first-order chi connectivity index (χ1) is 7.72. The lowest BCUT2D eigenvalue weighted by molar-refractivity contribution is 0.360. The molecule has 2 aromatic rings. The predicted molar refractivity (Wildman–Crippen MR) is 64.2 cm³/mol. The van der Waals surface area contributed by atoms with Gasteiger partial charge in [-0.1, -0.05) is 41.9 Å². The molecule has 16 heavy (non-hydrogen) atoms. The zero-order valence-electron chi connectivity index (χ0n) is 8.98. The number of rotatable bonds is 3. The Hall–Kier alpha value is -1.32. The van der Waals surface area contributed by atoms with Gasteiger partial charge in [0, 0.05) is 11.6 Å².